The van der Waals surface area contributed by atoms with Crippen molar-refractivity contribution in [1.82, 2.24) is 19.9 Å². The molecule has 10 heteroatoms. The van der Waals surface area contributed by atoms with E-state index in [-0.39, 0.29) is 5.41 Å². The first-order valence-electron chi connectivity index (χ1n) is 11.4. The Bertz CT molecular complexity index is 1200. The van der Waals surface area contributed by atoms with Crippen molar-refractivity contribution in [2.24, 2.45) is 0 Å². The van der Waals surface area contributed by atoms with Crippen molar-refractivity contribution in [1.29, 1.82) is 0 Å². The number of benzene rings is 1. The molecule has 1 saturated heterocycles. The first-order chi connectivity index (χ1) is 16.4. The van der Waals surface area contributed by atoms with E-state index in [2.05, 4.69) is 43.5 Å². The van der Waals surface area contributed by atoms with Crippen LogP contribution in [0.3, 0.4) is 0 Å². The quantitative estimate of drug-likeness (QED) is 0.471. The summed E-state index contributed by atoms with van der Waals surface area (Å²) in [5, 5.41) is 6.67. The Labute approximate surface area is 198 Å². The van der Waals surface area contributed by atoms with E-state index in [0.717, 1.165) is 48.0 Å². The van der Waals surface area contributed by atoms with Crippen molar-refractivity contribution >= 4 is 29.0 Å². The summed E-state index contributed by atoms with van der Waals surface area (Å²) in [6, 6.07) is 7.89. The van der Waals surface area contributed by atoms with Crippen LogP contribution in [-0.2, 0) is 14.9 Å². The minimum absolute atomic E-state index is 0.156. The van der Waals surface area contributed by atoms with Gasteiger partial charge in [-0.25, -0.2) is 19.9 Å². The van der Waals surface area contributed by atoms with E-state index in [1.54, 1.807) is 13.3 Å². The lowest BCUT2D eigenvalue weighted by Gasteiger charge is -2.28. The molecule has 0 spiro atoms. The number of aromatic nitrogens is 4. The highest BCUT2D eigenvalue weighted by molar-refractivity contribution is 5.81. The fourth-order valence-electron chi connectivity index (χ4n) is 4.58. The molecule has 3 aromatic rings. The van der Waals surface area contributed by atoms with Gasteiger partial charge in [-0.3, -0.25) is 0 Å². The fraction of sp³-hybridized carbons (Fsp3) is 0.417. The maximum absolute atomic E-state index is 6.40. The molecule has 1 aromatic carbocycles. The third kappa shape index (κ3) is 4.34. The van der Waals surface area contributed by atoms with Gasteiger partial charge in [0.1, 0.15) is 17.5 Å². The molecule has 1 fully saturated rings. The molecule has 0 bridgehead atoms. The van der Waals surface area contributed by atoms with E-state index in [0.29, 0.717) is 43.1 Å². The number of hydrogen-bond acceptors (Lipinski definition) is 10. The van der Waals surface area contributed by atoms with Gasteiger partial charge in [-0.2, -0.15) is 0 Å². The average molecular weight is 463 g/mol. The van der Waals surface area contributed by atoms with Crippen LogP contribution in [0.25, 0.3) is 11.3 Å². The van der Waals surface area contributed by atoms with E-state index in [1.165, 1.54) is 0 Å². The van der Waals surface area contributed by atoms with Crippen LogP contribution in [0.1, 0.15) is 18.3 Å². The average Bonchev–Trinajstić information content (AvgIpc) is 3.16. The number of nitrogens with one attached hydrogen (secondary N) is 2. The minimum atomic E-state index is -0.156. The number of nitrogens with two attached hydrogens (primary N) is 1. The van der Waals surface area contributed by atoms with Gasteiger partial charge in [-0.1, -0.05) is 6.92 Å². The molecule has 2 aliphatic rings. The van der Waals surface area contributed by atoms with Crippen LogP contribution in [0.15, 0.2) is 30.5 Å². The minimum Gasteiger partial charge on any atom is -0.397 e. The summed E-state index contributed by atoms with van der Waals surface area (Å²) in [6.07, 6.45) is 1.73. The zero-order chi connectivity index (χ0) is 23.7. The molecule has 0 radical (unpaired) electrons. The smallest absolute Gasteiger partial charge is 0.228 e. The second-order valence-electron chi connectivity index (χ2n) is 8.98. The van der Waals surface area contributed by atoms with Crippen molar-refractivity contribution in [2.75, 3.05) is 67.8 Å². The zero-order valence-corrected chi connectivity index (χ0v) is 19.8. The number of anilines is 5. The monoisotopic (exact) mass is 462 g/mol. The van der Waals surface area contributed by atoms with Gasteiger partial charge < -0.3 is 30.7 Å². The zero-order valence-electron chi connectivity index (χ0n) is 19.8. The second-order valence-corrected chi connectivity index (χ2v) is 8.98. The molecular weight excluding hydrogens is 432 g/mol. The molecule has 34 heavy (non-hydrogen) atoms. The number of morpholine rings is 1. The Morgan fingerprint density at radius 1 is 1.21 bits per heavy atom. The SMILES string of the molecule is COC[C@@]1(C)CNc2c(N)cc(-c3ccnc(Nc4cc(N5CCOCC5)nc(C)n4)n3)cc21. The van der Waals surface area contributed by atoms with Crippen LogP contribution in [0.4, 0.5) is 29.0 Å². The molecule has 0 unspecified atom stereocenters. The lowest BCUT2D eigenvalue weighted by Crippen LogP contribution is -2.36. The molecular formula is C24H30N8O2. The van der Waals surface area contributed by atoms with Crippen LogP contribution in [0, 0.1) is 6.92 Å². The fourth-order valence-corrected chi connectivity index (χ4v) is 4.58. The summed E-state index contributed by atoms with van der Waals surface area (Å²) in [4.78, 5) is 20.5. The lowest BCUT2D eigenvalue weighted by molar-refractivity contribution is 0.122. The molecule has 2 aliphatic heterocycles. The Hall–Kier alpha value is -3.50. The number of hydrogen-bond donors (Lipinski definition) is 3. The van der Waals surface area contributed by atoms with Crippen LogP contribution >= 0.6 is 0 Å². The molecule has 4 heterocycles. The largest absolute Gasteiger partial charge is 0.397 e. The molecule has 4 N–H and O–H groups in total. The van der Waals surface area contributed by atoms with Gasteiger partial charge in [-0.05, 0) is 30.7 Å². The van der Waals surface area contributed by atoms with Crippen molar-refractivity contribution in [3.8, 4) is 11.3 Å². The van der Waals surface area contributed by atoms with E-state index in [9.17, 15) is 0 Å². The third-order valence-corrected chi connectivity index (χ3v) is 6.29. The molecule has 2 aromatic heterocycles. The van der Waals surface area contributed by atoms with Gasteiger partial charge in [-0.15, -0.1) is 0 Å². The highest BCUT2D eigenvalue weighted by atomic mass is 16.5. The first kappa shape index (κ1) is 22.3. The Balaban J connectivity index is 1.43. The lowest BCUT2D eigenvalue weighted by atomic mass is 9.84. The molecule has 5 rings (SSSR count). The number of rotatable bonds is 6. The highest BCUT2D eigenvalue weighted by Crippen LogP contribution is 2.42. The third-order valence-electron chi connectivity index (χ3n) is 6.29. The molecule has 0 aliphatic carbocycles. The molecule has 0 saturated carbocycles. The summed E-state index contributed by atoms with van der Waals surface area (Å²) in [5.74, 6) is 2.65. The maximum atomic E-state index is 6.40. The molecule has 178 valence electrons. The van der Waals surface area contributed by atoms with E-state index < -0.39 is 0 Å². The molecule has 10 nitrogen and oxygen atoms in total. The second kappa shape index (κ2) is 9.03. The summed E-state index contributed by atoms with van der Waals surface area (Å²) >= 11 is 0. The van der Waals surface area contributed by atoms with Crippen molar-refractivity contribution < 1.29 is 9.47 Å². The van der Waals surface area contributed by atoms with Crippen molar-refractivity contribution in [3.63, 3.8) is 0 Å². The Kier molecular flexibility index (Phi) is 5.93. The van der Waals surface area contributed by atoms with Crippen molar-refractivity contribution in [3.05, 3.63) is 41.9 Å². The first-order valence-corrected chi connectivity index (χ1v) is 11.4. The van der Waals surface area contributed by atoms with Gasteiger partial charge in [0.15, 0.2) is 0 Å². The van der Waals surface area contributed by atoms with Gasteiger partial charge in [0.25, 0.3) is 0 Å². The number of aryl methyl sites for hydroxylation is 1. The summed E-state index contributed by atoms with van der Waals surface area (Å²) in [7, 11) is 1.72. The maximum Gasteiger partial charge on any atom is 0.228 e. The summed E-state index contributed by atoms with van der Waals surface area (Å²) < 4.78 is 10.9. The Morgan fingerprint density at radius 2 is 2.03 bits per heavy atom. The van der Waals surface area contributed by atoms with Crippen LogP contribution < -0.4 is 21.3 Å². The van der Waals surface area contributed by atoms with Crippen LogP contribution in [0.2, 0.25) is 0 Å². The van der Waals surface area contributed by atoms with Gasteiger partial charge in [0.05, 0.1) is 36.9 Å². The topological polar surface area (TPSA) is 123 Å². The van der Waals surface area contributed by atoms with Gasteiger partial charge in [0, 0.05) is 50.0 Å². The number of nitrogens with zero attached hydrogens (tertiary/aromatic N) is 5. The standard InChI is InChI=1S/C24H30N8O2/c1-15-28-20(12-21(29-15)32-6-8-34-9-7-32)31-23-26-5-4-19(30-23)16-10-17-22(18(25)11-16)27-13-24(17,2)14-33-3/h4-5,10-12,27H,6-9,13-14,25H2,1-3H3,(H,26,28,29,30,31)/t24-/m1/s1. The molecule has 1 atom stereocenters. The van der Waals surface area contributed by atoms with E-state index in [1.807, 2.05) is 25.1 Å². The normalized spacial score (nSPS) is 19.6. The van der Waals surface area contributed by atoms with E-state index >= 15 is 0 Å². The number of methoxy groups -OCH3 is 1. The highest BCUT2D eigenvalue weighted by Gasteiger charge is 2.36. The predicted molar refractivity (Wildman–Crippen MR) is 133 cm³/mol. The van der Waals surface area contributed by atoms with E-state index in [4.69, 9.17) is 20.2 Å². The summed E-state index contributed by atoms with van der Waals surface area (Å²) in [5.41, 5.74) is 10.8. The number of nitrogen functional groups attached to an aromatic ring is 1. The van der Waals surface area contributed by atoms with Crippen LogP contribution in [0.5, 0.6) is 0 Å². The predicted octanol–water partition coefficient (Wildman–Crippen LogP) is 2.73. The molecule has 0 amide bonds. The van der Waals surface area contributed by atoms with Gasteiger partial charge >= 0.3 is 0 Å². The van der Waals surface area contributed by atoms with Crippen LogP contribution in [-0.4, -0.2) is 66.5 Å². The van der Waals surface area contributed by atoms with Crippen molar-refractivity contribution in [2.45, 2.75) is 19.3 Å². The number of fused-ring (bicyclic) bond motifs is 1. The Morgan fingerprint density at radius 3 is 2.82 bits per heavy atom. The summed E-state index contributed by atoms with van der Waals surface area (Å²) in [6.45, 7) is 8.43. The van der Waals surface area contributed by atoms with Gasteiger partial charge in [0.2, 0.25) is 5.95 Å². The number of ether oxygens (including phenoxy) is 2.